The smallest absolute Gasteiger partial charge is 0.271 e. The van der Waals surface area contributed by atoms with Gasteiger partial charge in [-0.25, -0.2) is 0 Å². The molecule has 1 saturated carbocycles. The molecular formula is C13H23N5O. The molecular weight excluding hydrogens is 242 g/mol. The Hall–Kier alpha value is -1.56. The van der Waals surface area contributed by atoms with Gasteiger partial charge in [0.1, 0.15) is 5.69 Å². The maximum Gasteiger partial charge on any atom is 0.271 e. The Morgan fingerprint density at radius 1 is 1.58 bits per heavy atom. The van der Waals surface area contributed by atoms with Crippen LogP contribution in [0.25, 0.3) is 0 Å². The van der Waals surface area contributed by atoms with E-state index in [4.69, 9.17) is 5.73 Å². The number of nitrogens with zero attached hydrogens (tertiary/aromatic N) is 3. The van der Waals surface area contributed by atoms with Crippen molar-refractivity contribution in [3.8, 4) is 0 Å². The van der Waals surface area contributed by atoms with Crippen LogP contribution in [0.2, 0.25) is 0 Å². The zero-order valence-corrected chi connectivity index (χ0v) is 11.9. The molecule has 0 aliphatic heterocycles. The third-order valence-corrected chi connectivity index (χ3v) is 3.63. The zero-order chi connectivity index (χ0) is 14.0. The van der Waals surface area contributed by atoms with E-state index in [1.165, 1.54) is 12.8 Å². The number of carbonyl (C=O) groups excluding carboxylic acids is 1. The van der Waals surface area contributed by atoms with Crippen LogP contribution in [0.15, 0.2) is 0 Å². The van der Waals surface area contributed by atoms with Crippen molar-refractivity contribution in [1.29, 1.82) is 0 Å². The maximum absolute atomic E-state index is 12.1. The molecule has 0 aromatic carbocycles. The SMILES string of the molecule is CCc1nn(C)c(C(=O)NCCN(C)C2CC2)c1N. The largest absolute Gasteiger partial charge is 0.395 e. The van der Waals surface area contributed by atoms with E-state index in [0.29, 0.717) is 24.0 Å². The molecule has 106 valence electrons. The Labute approximate surface area is 113 Å². The van der Waals surface area contributed by atoms with Crippen molar-refractivity contribution in [3.05, 3.63) is 11.4 Å². The molecule has 1 amide bonds. The van der Waals surface area contributed by atoms with E-state index < -0.39 is 0 Å². The summed E-state index contributed by atoms with van der Waals surface area (Å²) < 4.78 is 1.56. The number of likely N-dealkylation sites (N-methyl/N-ethyl adjacent to an activating group) is 1. The number of carbonyl (C=O) groups is 1. The summed E-state index contributed by atoms with van der Waals surface area (Å²) in [5.74, 6) is -0.142. The number of hydrogen-bond donors (Lipinski definition) is 2. The van der Waals surface area contributed by atoms with E-state index in [1.54, 1.807) is 11.7 Å². The Morgan fingerprint density at radius 2 is 2.26 bits per heavy atom. The Balaban J connectivity index is 1.90. The molecule has 0 radical (unpaired) electrons. The fourth-order valence-electron chi connectivity index (χ4n) is 2.25. The van der Waals surface area contributed by atoms with Gasteiger partial charge in [-0.15, -0.1) is 0 Å². The molecule has 0 atom stereocenters. The highest BCUT2D eigenvalue weighted by Gasteiger charge is 2.25. The van der Waals surface area contributed by atoms with Crippen LogP contribution in [0.3, 0.4) is 0 Å². The van der Waals surface area contributed by atoms with Gasteiger partial charge in [-0.2, -0.15) is 5.10 Å². The molecule has 6 heteroatoms. The first-order valence-electron chi connectivity index (χ1n) is 6.84. The maximum atomic E-state index is 12.1. The number of aromatic nitrogens is 2. The van der Waals surface area contributed by atoms with Crippen LogP contribution in [-0.2, 0) is 13.5 Å². The molecule has 1 aliphatic carbocycles. The molecule has 1 aromatic rings. The Morgan fingerprint density at radius 3 is 2.79 bits per heavy atom. The van der Waals surface area contributed by atoms with Gasteiger partial charge in [-0.3, -0.25) is 9.48 Å². The zero-order valence-electron chi connectivity index (χ0n) is 11.9. The van der Waals surface area contributed by atoms with Crippen LogP contribution in [0.1, 0.15) is 35.9 Å². The van der Waals surface area contributed by atoms with Crippen molar-refractivity contribution in [2.45, 2.75) is 32.2 Å². The van der Waals surface area contributed by atoms with E-state index in [1.807, 2.05) is 6.92 Å². The first kappa shape index (κ1) is 13.9. The molecule has 6 nitrogen and oxygen atoms in total. The van der Waals surface area contributed by atoms with Crippen LogP contribution in [-0.4, -0.2) is 46.8 Å². The Bertz CT molecular complexity index is 464. The van der Waals surface area contributed by atoms with Crippen LogP contribution in [0.4, 0.5) is 5.69 Å². The van der Waals surface area contributed by atoms with Gasteiger partial charge in [-0.05, 0) is 26.3 Å². The summed E-state index contributed by atoms with van der Waals surface area (Å²) in [5.41, 5.74) is 7.69. The lowest BCUT2D eigenvalue weighted by molar-refractivity contribution is 0.0941. The molecule has 0 bridgehead atoms. The average Bonchev–Trinajstić information content (AvgIpc) is 3.16. The predicted molar refractivity (Wildman–Crippen MR) is 75.0 cm³/mol. The predicted octanol–water partition coefficient (Wildman–Crippen LogP) is 0.389. The van der Waals surface area contributed by atoms with Crippen molar-refractivity contribution in [1.82, 2.24) is 20.0 Å². The second-order valence-corrected chi connectivity index (χ2v) is 5.15. The number of aryl methyl sites for hydroxylation is 2. The van der Waals surface area contributed by atoms with Crippen LogP contribution >= 0.6 is 0 Å². The number of anilines is 1. The second kappa shape index (κ2) is 5.61. The van der Waals surface area contributed by atoms with E-state index in [2.05, 4.69) is 22.4 Å². The highest BCUT2D eigenvalue weighted by molar-refractivity contribution is 5.97. The molecule has 0 unspecified atom stereocenters. The van der Waals surface area contributed by atoms with E-state index in [-0.39, 0.29) is 5.91 Å². The lowest BCUT2D eigenvalue weighted by atomic mass is 10.2. The molecule has 1 aromatic heterocycles. The third-order valence-electron chi connectivity index (χ3n) is 3.63. The number of hydrogen-bond acceptors (Lipinski definition) is 4. The van der Waals surface area contributed by atoms with Gasteiger partial charge in [0.05, 0.1) is 11.4 Å². The molecule has 0 spiro atoms. The minimum absolute atomic E-state index is 0.142. The first-order chi connectivity index (χ1) is 9.04. The topological polar surface area (TPSA) is 76.2 Å². The highest BCUT2D eigenvalue weighted by Crippen LogP contribution is 2.24. The van der Waals surface area contributed by atoms with Gasteiger partial charge in [0.2, 0.25) is 0 Å². The van der Waals surface area contributed by atoms with Crippen molar-refractivity contribution < 1.29 is 4.79 Å². The van der Waals surface area contributed by atoms with Crippen molar-refractivity contribution in [2.75, 3.05) is 25.9 Å². The van der Waals surface area contributed by atoms with E-state index >= 15 is 0 Å². The average molecular weight is 265 g/mol. The van der Waals surface area contributed by atoms with Gasteiger partial charge < -0.3 is 16.0 Å². The van der Waals surface area contributed by atoms with Crippen molar-refractivity contribution in [2.24, 2.45) is 7.05 Å². The monoisotopic (exact) mass is 265 g/mol. The van der Waals surface area contributed by atoms with Gasteiger partial charge >= 0.3 is 0 Å². The number of rotatable bonds is 6. The highest BCUT2D eigenvalue weighted by atomic mass is 16.2. The number of amides is 1. The van der Waals surface area contributed by atoms with E-state index in [0.717, 1.165) is 18.7 Å². The molecule has 1 heterocycles. The standard InChI is InChI=1S/C13H23N5O/c1-4-10-11(14)12(18(3)16-10)13(19)15-7-8-17(2)9-5-6-9/h9H,4-8,14H2,1-3H3,(H,15,19). The lowest BCUT2D eigenvalue weighted by Crippen LogP contribution is -2.35. The molecule has 19 heavy (non-hydrogen) atoms. The lowest BCUT2D eigenvalue weighted by Gasteiger charge is -2.15. The Kier molecular flexibility index (Phi) is 4.09. The molecule has 3 N–H and O–H groups in total. The van der Waals surface area contributed by atoms with Gasteiger partial charge in [0.25, 0.3) is 5.91 Å². The molecule has 1 fully saturated rings. The van der Waals surface area contributed by atoms with Crippen LogP contribution in [0.5, 0.6) is 0 Å². The van der Waals surface area contributed by atoms with Gasteiger partial charge in [0.15, 0.2) is 0 Å². The minimum Gasteiger partial charge on any atom is -0.395 e. The quantitative estimate of drug-likeness (QED) is 0.780. The fraction of sp³-hybridized carbons (Fsp3) is 0.692. The summed E-state index contributed by atoms with van der Waals surface area (Å²) in [6, 6.07) is 0.713. The summed E-state index contributed by atoms with van der Waals surface area (Å²) in [4.78, 5) is 14.4. The summed E-state index contributed by atoms with van der Waals surface area (Å²) in [6.07, 6.45) is 3.29. The van der Waals surface area contributed by atoms with Crippen molar-refractivity contribution >= 4 is 11.6 Å². The molecule has 0 saturated heterocycles. The first-order valence-corrected chi connectivity index (χ1v) is 6.84. The third kappa shape index (κ3) is 3.07. The molecule has 2 rings (SSSR count). The summed E-state index contributed by atoms with van der Waals surface area (Å²) >= 11 is 0. The molecule has 1 aliphatic rings. The summed E-state index contributed by atoms with van der Waals surface area (Å²) in [7, 11) is 3.85. The number of nitrogen functional groups attached to an aromatic ring is 1. The van der Waals surface area contributed by atoms with Gasteiger partial charge in [0, 0.05) is 26.2 Å². The minimum atomic E-state index is -0.142. The normalized spacial score (nSPS) is 14.9. The number of nitrogens with one attached hydrogen (secondary N) is 1. The van der Waals surface area contributed by atoms with E-state index in [9.17, 15) is 4.79 Å². The number of nitrogens with two attached hydrogens (primary N) is 1. The summed E-state index contributed by atoms with van der Waals surface area (Å²) in [5, 5.41) is 7.16. The van der Waals surface area contributed by atoms with Crippen LogP contribution < -0.4 is 11.1 Å². The second-order valence-electron chi connectivity index (χ2n) is 5.15. The summed E-state index contributed by atoms with van der Waals surface area (Å²) in [6.45, 7) is 3.48. The van der Waals surface area contributed by atoms with Crippen molar-refractivity contribution in [3.63, 3.8) is 0 Å². The fourth-order valence-corrected chi connectivity index (χ4v) is 2.25. The van der Waals surface area contributed by atoms with Gasteiger partial charge in [-0.1, -0.05) is 6.92 Å². The van der Waals surface area contributed by atoms with Crippen LogP contribution in [0, 0.1) is 0 Å².